The second-order valence-corrected chi connectivity index (χ2v) is 6.39. The van der Waals surface area contributed by atoms with Gasteiger partial charge in [-0.3, -0.25) is 0 Å². The minimum Gasteiger partial charge on any atom is -0.344 e. The zero-order valence-corrected chi connectivity index (χ0v) is 14.9. The lowest BCUT2D eigenvalue weighted by Crippen LogP contribution is -2.09. The maximum Gasteiger partial charge on any atom is 0.184 e. The Kier molecular flexibility index (Phi) is 6.19. The molecule has 3 rings (SSSR count). The van der Waals surface area contributed by atoms with Gasteiger partial charge in [-0.2, -0.15) is 0 Å². The average molecular weight is 383 g/mol. The first kappa shape index (κ1) is 16.9. The van der Waals surface area contributed by atoms with E-state index in [1.165, 1.54) is 0 Å². The van der Waals surface area contributed by atoms with E-state index in [9.17, 15) is 0 Å². The highest BCUT2D eigenvalue weighted by Crippen LogP contribution is 2.24. The highest BCUT2D eigenvalue weighted by molar-refractivity contribution is 9.10. The highest BCUT2D eigenvalue weighted by atomic mass is 79.9. The van der Waals surface area contributed by atoms with E-state index in [4.69, 9.17) is 9.47 Å². The first-order valence-corrected chi connectivity index (χ1v) is 8.67. The summed E-state index contributed by atoms with van der Waals surface area (Å²) >= 11 is 3.46. The number of hydrogen-bond acceptors (Lipinski definition) is 2. The molecule has 122 valence electrons. The molecule has 0 aliphatic carbocycles. The molecule has 0 aliphatic heterocycles. The van der Waals surface area contributed by atoms with E-state index in [0.29, 0.717) is 13.2 Å². The molecule has 0 aliphatic rings. The van der Waals surface area contributed by atoms with Gasteiger partial charge < -0.3 is 9.47 Å². The maximum absolute atomic E-state index is 6.04. The van der Waals surface area contributed by atoms with Crippen molar-refractivity contribution in [3.8, 4) is 0 Å². The summed E-state index contributed by atoms with van der Waals surface area (Å²) in [6.07, 6.45) is -0.404. The summed E-state index contributed by atoms with van der Waals surface area (Å²) in [7, 11) is 0. The second-order valence-electron chi connectivity index (χ2n) is 5.48. The van der Waals surface area contributed by atoms with Crippen molar-refractivity contribution in [2.45, 2.75) is 19.5 Å². The van der Waals surface area contributed by atoms with Gasteiger partial charge in [-0.15, -0.1) is 0 Å². The smallest absolute Gasteiger partial charge is 0.184 e. The lowest BCUT2D eigenvalue weighted by atomic mass is 10.2. The van der Waals surface area contributed by atoms with Crippen molar-refractivity contribution < 1.29 is 9.47 Å². The van der Waals surface area contributed by atoms with Crippen LogP contribution in [0.5, 0.6) is 0 Å². The van der Waals surface area contributed by atoms with Gasteiger partial charge >= 0.3 is 0 Å². The summed E-state index contributed by atoms with van der Waals surface area (Å²) in [5.41, 5.74) is 3.26. The molecule has 3 aromatic carbocycles. The van der Waals surface area contributed by atoms with Crippen LogP contribution < -0.4 is 0 Å². The van der Waals surface area contributed by atoms with Crippen LogP contribution in [0.1, 0.15) is 23.0 Å². The van der Waals surface area contributed by atoms with Crippen LogP contribution in [0.25, 0.3) is 0 Å². The van der Waals surface area contributed by atoms with Crippen LogP contribution in [0, 0.1) is 0 Å². The Morgan fingerprint density at radius 3 is 1.54 bits per heavy atom. The van der Waals surface area contributed by atoms with Crippen molar-refractivity contribution in [1.29, 1.82) is 0 Å². The number of halogens is 1. The van der Waals surface area contributed by atoms with Gasteiger partial charge in [0.15, 0.2) is 6.29 Å². The van der Waals surface area contributed by atoms with E-state index in [2.05, 4.69) is 40.2 Å². The maximum atomic E-state index is 6.04. The molecular formula is C21H19BrO2. The Balaban J connectivity index is 1.69. The van der Waals surface area contributed by atoms with Crippen molar-refractivity contribution in [2.24, 2.45) is 0 Å². The number of benzene rings is 3. The minimum absolute atomic E-state index is 0.404. The first-order valence-electron chi connectivity index (χ1n) is 7.88. The standard InChI is InChI=1S/C21H19BrO2/c22-20-13-11-19(12-14-20)21(23-15-17-7-3-1-4-8-17)24-16-18-9-5-2-6-10-18/h1-14,21H,15-16H2. The van der Waals surface area contributed by atoms with Crippen molar-refractivity contribution in [1.82, 2.24) is 0 Å². The molecule has 0 fully saturated rings. The van der Waals surface area contributed by atoms with E-state index < -0.39 is 6.29 Å². The topological polar surface area (TPSA) is 18.5 Å². The van der Waals surface area contributed by atoms with Crippen LogP contribution >= 0.6 is 15.9 Å². The molecule has 0 aromatic heterocycles. The van der Waals surface area contributed by atoms with E-state index in [1.54, 1.807) is 0 Å². The Bertz CT molecular complexity index is 683. The zero-order chi connectivity index (χ0) is 16.6. The Labute approximate surface area is 151 Å². The summed E-state index contributed by atoms with van der Waals surface area (Å²) in [5, 5.41) is 0. The molecule has 3 heteroatoms. The molecule has 0 heterocycles. The van der Waals surface area contributed by atoms with Crippen molar-refractivity contribution in [2.75, 3.05) is 0 Å². The molecule has 0 bridgehead atoms. The molecule has 0 spiro atoms. The molecule has 0 atom stereocenters. The van der Waals surface area contributed by atoms with Gasteiger partial charge in [0.2, 0.25) is 0 Å². The predicted molar refractivity (Wildman–Crippen MR) is 99.3 cm³/mol. The lowest BCUT2D eigenvalue weighted by molar-refractivity contribution is -0.161. The molecule has 3 aromatic rings. The highest BCUT2D eigenvalue weighted by Gasteiger charge is 2.13. The molecule has 0 radical (unpaired) electrons. The van der Waals surface area contributed by atoms with E-state index in [-0.39, 0.29) is 0 Å². The van der Waals surface area contributed by atoms with Crippen LogP contribution in [0.2, 0.25) is 0 Å². The molecule has 0 saturated carbocycles. The third-order valence-corrected chi connectivity index (χ3v) is 4.16. The van der Waals surface area contributed by atoms with Crippen LogP contribution in [0.3, 0.4) is 0 Å². The summed E-state index contributed by atoms with van der Waals surface area (Å²) in [6.45, 7) is 1.02. The van der Waals surface area contributed by atoms with Gasteiger partial charge in [-0.05, 0) is 23.3 Å². The van der Waals surface area contributed by atoms with E-state index in [0.717, 1.165) is 21.2 Å². The fourth-order valence-electron chi connectivity index (χ4n) is 2.35. The monoisotopic (exact) mass is 382 g/mol. The van der Waals surface area contributed by atoms with E-state index in [1.807, 2.05) is 60.7 Å². The van der Waals surface area contributed by atoms with Gasteiger partial charge in [0, 0.05) is 10.0 Å². The number of ether oxygens (including phenoxy) is 2. The number of hydrogen-bond donors (Lipinski definition) is 0. The third-order valence-electron chi connectivity index (χ3n) is 3.63. The molecule has 0 amide bonds. The van der Waals surface area contributed by atoms with Gasteiger partial charge in [0.05, 0.1) is 13.2 Å². The zero-order valence-electron chi connectivity index (χ0n) is 13.3. The normalized spacial score (nSPS) is 10.9. The SMILES string of the molecule is Brc1ccc(C(OCc2ccccc2)OCc2ccccc2)cc1. The third kappa shape index (κ3) is 5.03. The second kappa shape index (κ2) is 8.78. The van der Waals surface area contributed by atoms with Crippen LogP contribution in [-0.2, 0) is 22.7 Å². The Hall–Kier alpha value is -1.94. The fourth-order valence-corrected chi connectivity index (χ4v) is 2.62. The molecule has 2 nitrogen and oxygen atoms in total. The predicted octanol–water partition coefficient (Wildman–Crippen LogP) is 5.88. The van der Waals surface area contributed by atoms with Crippen molar-refractivity contribution >= 4 is 15.9 Å². The quantitative estimate of drug-likeness (QED) is 0.474. The minimum atomic E-state index is -0.404. The van der Waals surface area contributed by atoms with Crippen molar-refractivity contribution in [3.05, 3.63) is 106 Å². The lowest BCUT2D eigenvalue weighted by Gasteiger charge is -2.19. The van der Waals surface area contributed by atoms with E-state index >= 15 is 0 Å². The molecular weight excluding hydrogens is 364 g/mol. The summed E-state index contributed by atoms with van der Waals surface area (Å²) in [5.74, 6) is 0. The van der Waals surface area contributed by atoms with Crippen LogP contribution in [-0.4, -0.2) is 0 Å². The van der Waals surface area contributed by atoms with Crippen molar-refractivity contribution in [3.63, 3.8) is 0 Å². The summed E-state index contributed by atoms with van der Waals surface area (Å²) < 4.78 is 13.1. The summed E-state index contributed by atoms with van der Waals surface area (Å²) in [6, 6.07) is 28.3. The number of rotatable bonds is 7. The van der Waals surface area contributed by atoms with Gasteiger partial charge in [-0.25, -0.2) is 0 Å². The fraction of sp³-hybridized carbons (Fsp3) is 0.143. The first-order chi connectivity index (χ1) is 11.8. The average Bonchev–Trinajstić information content (AvgIpc) is 2.64. The van der Waals surface area contributed by atoms with Crippen LogP contribution in [0.15, 0.2) is 89.4 Å². The largest absolute Gasteiger partial charge is 0.344 e. The molecule has 0 unspecified atom stereocenters. The van der Waals surface area contributed by atoms with Gasteiger partial charge in [0.25, 0.3) is 0 Å². The Morgan fingerprint density at radius 2 is 1.08 bits per heavy atom. The Morgan fingerprint density at radius 1 is 0.625 bits per heavy atom. The van der Waals surface area contributed by atoms with Crippen LogP contribution in [0.4, 0.5) is 0 Å². The molecule has 0 saturated heterocycles. The summed E-state index contributed by atoms with van der Waals surface area (Å²) in [4.78, 5) is 0. The van der Waals surface area contributed by atoms with Gasteiger partial charge in [-0.1, -0.05) is 88.7 Å². The van der Waals surface area contributed by atoms with Gasteiger partial charge in [0.1, 0.15) is 0 Å². The molecule has 0 N–H and O–H groups in total. The molecule has 24 heavy (non-hydrogen) atoms.